The number of nitrogens with one attached hydrogen (secondary N) is 2. The van der Waals surface area contributed by atoms with E-state index in [-0.39, 0.29) is 17.8 Å². The minimum Gasteiger partial charge on any atom is -0.494 e. The molecule has 6 nitrogen and oxygen atoms in total. The molecule has 0 radical (unpaired) electrons. The SMILES string of the molecule is CCCOc1ccc(/C=N\N2[C@H](S)NN[C@H]2c2cccc(OC(C)C)c2)cc1. The zero-order valence-corrected chi connectivity index (χ0v) is 17.4. The molecule has 0 unspecified atom stereocenters. The van der Waals surface area contributed by atoms with Gasteiger partial charge in [0.1, 0.15) is 17.7 Å². The maximum absolute atomic E-state index is 5.81. The second kappa shape index (κ2) is 9.82. The highest BCUT2D eigenvalue weighted by molar-refractivity contribution is 7.80. The van der Waals surface area contributed by atoms with Crippen molar-refractivity contribution in [1.29, 1.82) is 0 Å². The van der Waals surface area contributed by atoms with E-state index in [0.29, 0.717) is 0 Å². The maximum atomic E-state index is 5.81. The number of thiol groups is 1. The third-order valence-corrected chi connectivity index (χ3v) is 4.47. The second-order valence-corrected chi connectivity index (χ2v) is 7.34. The zero-order valence-electron chi connectivity index (χ0n) is 16.5. The Kier molecular flexibility index (Phi) is 7.19. The molecule has 0 aromatic heterocycles. The summed E-state index contributed by atoms with van der Waals surface area (Å²) in [7, 11) is 0. The van der Waals surface area contributed by atoms with Gasteiger partial charge in [0.25, 0.3) is 0 Å². The molecule has 1 heterocycles. The number of hydrogen-bond donors (Lipinski definition) is 3. The normalized spacial score (nSPS) is 19.5. The van der Waals surface area contributed by atoms with E-state index in [2.05, 4.69) is 35.5 Å². The second-order valence-electron chi connectivity index (χ2n) is 6.85. The zero-order chi connectivity index (χ0) is 19.9. The molecular formula is C21H28N4O2S. The summed E-state index contributed by atoms with van der Waals surface area (Å²) in [6, 6.07) is 15.9. The molecule has 7 heteroatoms. The first-order valence-corrected chi connectivity index (χ1v) is 10.1. The van der Waals surface area contributed by atoms with Gasteiger partial charge in [-0.1, -0.05) is 19.1 Å². The Morgan fingerprint density at radius 2 is 1.93 bits per heavy atom. The minimum absolute atomic E-state index is 0.126. The van der Waals surface area contributed by atoms with Gasteiger partial charge in [0.05, 0.1) is 18.9 Å². The molecule has 1 fully saturated rings. The van der Waals surface area contributed by atoms with Crippen LogP contribution in [0.3, 0.4) is 0 Å². The van der Waals surface area contributed by atoms with Crippen LogP contribution in [0, 0.1) is 0 Å². The van der Waals surface area contributed by atoms with Crippen LogP contribution < -0.4 is 20.3 Å². The Morgan fingerprint density at radius 1 is 1.14 bits per heavy atom. The highest BCUT2D eigenvalue weighted by Gasteiger charge is 2.30. The summed E-state index contributed by atoms with van der Waals surface area (Å²) in [5.41, 5.74) is 8.13. The average molecular weight is 401 g/mol. The quantitative estimate of drug-likeness (QED) is 0.463. The highest BCUT2D eigenvalue weighted by atomic mass is 32.1. The van der Waals surface area contributed by atoms with Gasteiger partial charge in [-0.05, 0) is 67.8 Å². The van der Waals surface area contributed by atoms with E-state index in [1.807, 2.05) is 73.6 Å². The van der Waals surface area contributed by atoms with Gasteiger partial charge < -0.3 is 9.47 Å². The van der Waals surface area contributed by atoms with Crippen molar-refractivity contribution < 1.29 is 9.47 Å². The molecule has 28 heavy (non-hydrogen) atoms. The predicted octanol–water partition coefficient (Wildman–Crippen LogP) is 3.92. The van der Waals surface area contributed by atoms with Gasteiger partial charge >= 0.3 is 0 Å². The lowest BCUT2D eigenvalue weighted by Crippen LogP contribution is -2.28. The molecule has 1 aliphatic heterocycles. The lowest BCUT2D eigenvalue weighted by atomic mass is 10.1. The molecule has 150 valence electrons. The molecule has 2 atom stereocenters. The van der Waals surface area contributed by atoms with Gasteiger partial charge in [0.2, 0.25) is 0 Å². The largest absolute Gasteiger partial charge is 0.494 e. The standard InChI is InChI=1S/C21H28N4O2S/c1-4-12-26-18-10-8-16(9-11-18)14-22-25-20(23-24-21(25)28)17-6-5-7-19(13-17)27-15(2)3/h5-11,13-15,20-21,23-24,28H,4,12H2,1-3H3/b22-14-/t20-,21-/m1/s1. The summed E-state index contributed by atoms with van der Waals surface area (Å²) in [4.78, 5) is 0. The molecule has 2 aromatic carbocycles. The van der Waals surface area contributed by atoms with E-state index in [0.717, 1.165) is 35.7 Å². The Labute approximate surface area is 172 Å². The summed E-state index contributed by atoms with van der Waals surface area (Å²) in [6.07, 6.45) is 2.79. The van der Waals surface area contributed by atoms with Gasteiger partial charge in [-0.3, -0.25) is 0 Å². The van der Waals surface area contributed by atoms with E-state index in [1.165, 1.54) is 0 Å². The maximum Gasteiger partial charge on any atom is 0.156 e. The van der Waals surface area contributed by atoms with Crippen molar-refractivity contribution in [2.75, 3.05) is 6.61 Å². The van der Waals surface area contributed by atoms with Crippen molar-refractivity contribution in [3.8, 4) is 11.5 Å². The number of hydrogen-bond acceptors (Lipinski definition) is 7. The minimum atomic E-state index is -0.247. The number of nitrogens with zero attached hydrogens (tertiary/aromatic N) is 2. The van der Waals surface area contributed by atoms with Gasteiger partial charge in [0, 0.05) is 0 Å². The first-order chi connectivity index (χ1) is 13.6. The van der Waals surface area contributed by atoms with Crippen LogP contribution in [0.4, 0.5) is 0 Å². The first kappa shape index (κ1) is 20.5. The van der Waals surface area contributed by atoms with Crippen LogP contribution in [0.5, 0.6) is 11.5 Å². The summed E-state index contributed by atoms with van der Waals surface area (Å²) in [5, 5.41) is 6.51. The number of rotatable bonds is 8. The summed E-state index contributed by atoms with van der Waals surface area (Å²) in [5.74, 6) is 1.71. The Balaban J connectivity index is 1.72. The lowest BCUT2D eigenvalue weighted by molar-refractivity contribution is 0.234. The summed E-state index contributed by atoms with van der Waals surface area (Å²) in [6.45, 7) is 6.84. The van der Waals surface area contributed by atoms with Crippen molar-refractivity contribution in [2.24, 2.45) is 5.10 Å². The van der Waals surface area contributed by atoms with Gasteiger partial charge in [-0.25, -0.2) is 15.9 Å². The van der Waals surface area contributed by atoms with Crippen LogP contribution in [-0.2, 0) is 0 Å². The fraction of sp³-hybridized carbons (Fsp3) is 0.381. The Morgan fingerprint density at radius 3 is 2.64 bits per heavy atom. The van der Waals surface area contributed by atoms with Crippen molar-refractivity contribution in [1.82, 2.24) is 15.9 Å². The van der Waals surface area contributed by atoms with E-state index in [1.54, 1.807) is 0 Å². The number of ether oxygens (including phenoxy) is 2. The molecule has 0 amide bonds. The molecule has 1 saturated heterocycles. The van der Waals surface area contributed by atoms with Crippen LogP contribution in [0.15, 0.2) is 53.6 Å². The fourth-order valence-electron chi connectivity index (χ4n) is 2.83. The summed E-state index contributed by atoms with van der Waals surface area (Å²) >= 11 is 4.57. The number of hydrazone groups is 1. The van der Waals surface area contributed by atoms with E-state index in [4.69, 9.17) is 9.47 Å². The fourth-order valence-corrected chi connectivity index (χ4v) is 3.09. The van der Waals surface area contributed by atoms with Crippen molar-refractivity contribution in [3.63, 3.8) is 0 Å². The van der Waals surface area contributed by atoms with Crippen LogP contribution in [0.2, 0.25) is 0 Å². The van der Waals surface area contributed by atoms with Crippen molar-refractivity contribution in [3.05, 3.63) is 59.7 Å². The predicted molar refractivity (Wildman–Crippen MR) is 116 cm³/mol. The third-order valence-electron chi connectivity index (χ3n) is 4.10. The highest BCUT2D eigenvalue weighted by Crippen LogP contribution is 2.28. The van der Waals surface area contributed by atoms with Crippen molar-refractivity contribution in [2.45, 2.75) is 45.0 Å². The molecule has 3 rings (SSSR count). The Bertz CT molecular complexity index is 782. The van der Waals surface area contributed by atoms with Crippen LogP contribution in [0.25, 0.3) is 0 Å². The number of hydrazine groups is 1. The Hall–Kier alpha value is -2.22. The molecular weight excluding hydrogens is 372 g/mol. The van der Waals surface area contributed by atoms with Gasteiger partial charge in [0.15, 0.2) is 5.50 Å². The monoisotopic (exact) mass is 400 g/mol. The van der Waals surface area contributed by atoms with Gasteiger partial charge in [-0.2, -0.15) is 5.10 Å². The topological polar surface area (TPSA) is 58.1 Å². The smallest absolute Gasteiger partial charge is 0.156 e. The third kappa shape index (κ3) is 5.41. The molecule has 0 saturated carbocycles. The van der Waals surface area contributed by atoms with Crippen LogP contribution >= 0.6 is 12.6 Å². The van der Waals surface area contributed by atoms with Crippen molar-refractivity contribution >= 4 is 18.8 Å². The molecule has 2 N–H and O–H groups in total. The lowest BCUT2D eigenvalue weighted by Gasteiger charge is -2.23. The van der Waals surface area contributed by atoms with Crippen LogP contribution in [-0.4, -0.2) is 29.4 Å². The van der Waals surface area contributed by atoms with E-state index in [9.17, 15) is 0 Å². The average Bonchev–Trinajstić information content (AvgIpc) is 3.06. The molecule has 2 aromatic rings. The van der Waals surface area contributed by atoms with E-state index < -0.39 is 0 Å². The summed E-state index contributed by atoms with van der Waals surface area (Å²) < 4.78 is 11.4. The molecule has 1 aliphatic rings. The molecule has 0 spiro atoms. The molecule has 0 bridgehead atoms. The van der Waals surface area contributed by atoms with E-state index >= 15 is 0 Å². The number of benzene rings is 2. The van der Waals surface area contributed by atoms with Crippen LogP contribution in [0.1, 0.15) is 44.5 Å². The first-order valence-electron chi connectivity index (χ1n) is 9.57. The van der Waals surface area contributed by atoms with Gasteiger partial charge in [-0.15, -0.1) is 12.6 Å². The molecule has 0 aliphatic carbocycles.